The minimum Gasteiger partial charge on any atom is -0.383 e. The van der Waals surface area contributed by atoms with Gasteiger partial charge in [0.15, 0.2) is 0 Å². The second kappa shape index (κ2) is 4.03. The van der Waals surface area contributed by atoms with Crippen LogP contribution in [0.25, 0.3) is 10.9 Å². The van der Waals surface area contributed by atoms with E-state index in [-0.39, 0.29) is 5.82 Å². The first-order valence-electron chi connectivity index (χ1n) is 4.81. The van der Waals surface area contributed by atoms with Crippen molar-refractivity contribution in [3.05, 3.63) is 42.7 Å². The van der Waals surface area contributed by atoms with Crippen molar-refractivity contribution in [1.29, 1.82) is 0 Å². The average Bonchev–Trinajstić information content (AvgIpc) is 2.53. The van der Waals surface area contributed by atoms with Gasteiger partial charge in [0, 0.05) is 30.8 Å². The van der Waals surface area contributed by atoms with Crippen LogP contribution in [0.4, 0.5) is 4.39 Å². The summed E-state index contributed by atoms with van der Waals surface area (Å²) >= 11 is 0. The quantitative estimate of drug-likeness (QED) is 0.753. The number of ether oxygens (including phenoxy) is 1. The average molecular weight is 206 g/mol. The van der Waals surface area contributed by atoms with Crippen molar-refractivity contribution in [3.63, 3.8) is 0 Å². The molecular weight excluding hydrogens is 193 g/mol. The Labute approximate surface area is 88.3 Å². The highest BCUT2D eigenvalue weighted by molar-refractivity contribution is 5.84. The highest BCUT2D eigenvalue weighted by atomic mass is 19.1. The third-order valence-electron chi connectivity index (χ3n) is 2.46. The number of benzene rings is 1. The van der Waals surface area contributed by atoms with Gasteiger partial charge >= 0.3 is 0 Å². The monoisotopic (exact) mass is 206 g/mol. The Morgan fingerprint density at radius 1 is 1.47 bits per heavy atom. The lowest BCUT2D eigenvalue weighted by Gasteiger charge is -2.03. The molecule has 79 valence electrons. The Balaban J connectivity index is 2.48. The summed E-state index contributed by atoms with van der Waals surface area (Å²) in [6.07, 6.45) is 1.92. The fraction of sp³-hybridized carbons (Fsp3) is 0.250. The molecule has 0 aliphatic heterocycles. The number of hydrogen-bond donors (Lipinski definition) is 0. The standard InChI is InChI=1S/C12H13FNO/c1-9-8-14(5-6-15-2)12-4-3-10(13)7-11(9)12/h3-4,7-8H,1,5-6H2,2H3. The topological polar surface area (TPSA) is 14.2 Å². The number of methoxy groups -OCH3 is 1. The van der Waals surface area contributed by atoms with Crippen LogP contribution in [0.5, 0.6) is 0 Å². The second-order valence-electron chi connectivity index (χ2n) is 3.50. The molecule has 2 nitrogen and oxygen atoms in total. The molecule has 0 saturated carbocycles. The normalized spacial score (nSPS) is 11.1. The number of aromatic nitrogens is 1. The van der Waals surface area contributed by atoms with Gasteiger partial charge in [0.05, 0.1) is 6.61 Å². The van der Waals surface area contributed by atoms with Gasteiger partial charge < -0.3 is 9.30 Å². The summed E-state index contributed by atoms with van der Waals surface area (Å²) < 4.78 is 20.1. The predicted molar refractivity (Wildman–Crippen MR) is 58.2 cm³/mol. The molecule has 0 unspecified atom stereocenters. The van der Waals surface area contributed by atoms with Gasteiger partial charge in [-0.2, -0.15) is 0 Å². The molecule has 2 rings (SSSR count). The fourth-order valence-corrected chi connectivity index (χ4v) is 1.72. The van der Waals surface area contributed by atoms with E-state index in [4.69, 9.17) is 4.74 Å². The minimum atomic E-state index is -0.225. The number of fused-ring (bicyclic) bond motifs is 1. The SMILES string of the molecule is [CH2]c1cn(CCOC)c2ccc(F)cc12. The first kappa shape index (κ1) is 10.2. The summed E-state index contributed by atoms with van der Waals surface area (Å²) in [6, 6.07) is 4.75. The first-order valence-corrected chi connectivity index (χ1v) is 4.81. The molecule has 0 saturated heterocycles. The van der Waals surface area contributed by atoms with Crippen LogP contribution in [-0.4, -0.2) is 18.3 Å². The van der Waals surface area contributed by atoms with E-state index in [0.29, 0.717) is 6.61 Å². The largest absolute Gasteiger partial charge is 0.383 e. The minimum absolute atomic E-state index is 0.225. The Morgan fingerprint density at radius 2 is 2.27 bits per heavy atom. The van der Waals surface area contributed by atoms with Crippen LogP contribution >= 0.6 is 0 Å². The highest BCUT2D eigenvalue weighted by Crippen LogP contribution is 2.21. The third kappa shape index (κ3) is 1.88. The van der Waals surface area contributed by atoms with Crippen molar-refractivity contribution in [3.8, 4) is 0 Å². The van der Waals surface area contributed by atoms with Crippen molar-refractivity contribution in [2.75, 3.05) is 13.7 Å². The molecule has 0 fully saturated rings. The number of hydrogen-bond acceptors (Lipinski definition) is 1. The van der Waals surface area contributed by atoms with E-state index in [1.807, 2.05) is 10.8 Å². The van der Waals surface area contributed by atoms with Crippen molar-refractivity contribution in [2.45, 2.75) is 6.54 Å². The van der Waals surface area contributed by atoms with E-state index >= 15 is 0 Å². The van der Waals surface area contributed by atoms with E-state index in [9.17, 15) is 4.39 Å². The van der Waals surface area contributed by atoms with E-state index in [2.05, 4.69) is 6.92 Å². The Bertz CT molecular complexity index is 476. The fourth-order valence-electron chi connectivity index (χ4n) is 1.72. The van der Waals surface area contributed by atoms with Crippen LogP contribution < -0.4 is 0 Å². The molecule has 15 heavy (non-hydrogen) atoms. The molecule has 0 aliphatic rings. The zero-order valence-corrected chi connectivity index (χ0v) is 8.66. The molecule has 0 atom stereocenters. The van der Waals surface area contributed by atoms with Gasteiger partial charge in [0.25, 0.3) is 0 Å². The summed E-state index contributed by atoms with van der Waals surface area (Å²) in [4.78, 5) is 0. The van der Waals surface area contributed by atoms with Crippen LogP contribution in [0.15, 0.2) is 24.4 Å². The van der Waals surface area contributed by atoms with Crippen LogP contribution in [0.1, 0.15) is 5.56 Å². The van der Waals surface area contributed by atoms with Crippen LogP contribution in [0.3, 0.4) is 0 Å². The number of halogens is 1. The van der Waals surface area contributed by atoms with Gasteiger partial charge in [-0.3, -0.25) is 0 Å². The van der Waals surface area contributed by atoms with Crippen molar-refractivity contribution in [2.24, 2.45) is 0 Å². The summed E-state index contributed by atoms with van der Waals surface area (Å²) in [5.41, 5.74) is 1.85. The summed E-state index contributed by atoms with van der Waals surface area (Å²) in [6.45, 7) is 5.29. The van der Waals surface area contributed by atoms with Crippen LogP contribution in [0.2, 0.25) is 0 Å². The van der Waals surface area contributed by atoms with Crippen molar-refractivity contribution >= 4 is 10.9 Å². The maximum Gasteiger partial charge on any atom is 0.123 e. The maximum absolute atomic E-state index is 13.0. The molecule has 0 aliphatic carbocycles. The second-order valence-corrected chi connectivity index (χ2v) is 3.50. The van der Waals surface area contributed by atoms with E-state index in [1.54, 1.807) is 13.2 Å². The maximum atomic E-state index is 13.0. The Morgan fingerprint density at radius 3 is 3.00 bits per heavy atom. The summed E-state index contributed by atoms with van der Waals surface area (Å²) in [5.74, 6) is -0.225. The highest BCUT2D eigenvalue weighted by Gasteiger charge is 2.05. The number of rotatable bonds is 3. The van der Waals surface area contributed by atoms with Crippen LogP contribution in [-0.2, 0) is 11.3 Å². The molecule has 1 heterocycles. The molecule has 1 aromatic carbocycles. The van der Waals surface area contributed by atoms with E-state index in [0.717, 1.165) is 23.0 Å². The lowest BCUT2D eigenvalue weighted by atomic mass is 10.2. The molecule has 1 aromatic heterocycles. The van der Waals surface area contributed by atoms with Gasteiger partial charge in [-0.05, 0) is 30.7 Å². The third-order valence-corrected chi connectivity index (χ3v) is 2.46. The van der Waals surface area contributed by atoms with Gasteiger partial charge in [0.1, 0.15) is 5.82 Å². The zero-order valence-electron chi connectivity index (χ0n) is 8.66. The molecule has 0 spiro atoms. The van der Waals surface area contributed by atoms with Gasteiger partial charge in [-0.25, -0.2) is 4.39 Å². The van der Waals surface area contributed by atoms with Gasteiger partial charge in [-0.15, -0.1) is 0 Å². The molecule has 0 amide bonds. The van der Waals surface area contributed by atoms with Crippen molar-refractivity contribution in [1.82, 2.24) is 4.57 Å². The summed E-state index contributed by atoms with van der Waals surface area (Å²) in [5, 5.41) is 0.867. The number of nitrogens with zero attached hydrogens (tertiary/aromatic N) is 1. The predicted octanol–water partition coefficient (Wildman–Crippen LogP) is 2.61. The molecule has 0 N–H and O–H groups in total. The molecule has 3 heteroatoms. The molecule has 2 aromatic rings. The lowest BCUT2D eigenvalue weighted by Crippen LogP contribution is -2.02. The van der Waals surface area contributed by atoms with Gasteiger partial charge in [0.2, 0.25) is 0 Å². The Kier molecular flexibility index (Phi) is 2.73. The Hall–Kier alpha value is -1.35. The van der Waals surface area contributed by atoms with E-state index in [1.165, 1.54) is 12.1 Å². The molecule has 1 radical (unpaired) electrons. The molecular formula is C12H13FNO. The van der Waals surface area contributed by atoms with E-state index < -0.39 is 0 Å². The van der Waals surface area contributed by atoms with Crippen molar-refractivity contribution < 1.29 is 9.13 Å². The zero-order chi connectivity index (χ0) is 10.8. The molecule has 0 bridgehead atoms. The summed E-state index contributed by atoms with van der Waals surface area (Å²) in [7, 11) is 1.66. The lowest BCUT2D eigenvalue weighted by molar-refractivity contribution is 0.188. The smallest absolute Gasteiger partial charge is 0.123 e. The van der Waals surface area contributed by atoms with Crippen LogP contribution in [0, 0.1) is 12.7 Å². The first-order chi connectivity index (χ1) is 7.22. The van der Waals surface area contributed by atoms with Gasteiger partial charge in [-0.1, -0.05) is 0 Å².